The third kappa shape index (κ3) is 1.59. The van der Waals surface area contributed by atoms with E-state index in [1.54, 1.807) is 6.20 Å². The highest BCUT2D eigenvalue weighted by atomic mass is 16.2. The number of piperidine rings is 1. The summed E-state index contributed by atoms with van der Waals surface area (Å²) in [5.41, 5.74) is 0.331. The minimum atomic E-state index is 0.0206. The molecule has 6 heteroatoms. The van der Waals surface area contributed by atoms with Crippen molar-refractivity contribution in [3.8, 4) is 6.07 Å². The van der Waals surface area contributed by atoms with Crippen molar-refractivity contribution in [3.05, 3.63) is 18.1 Å². The van der Waals surface area contributed by atoms with E-state index < -0.39 is 0 Å². The lowest BCUT2D eigenvalue weighted by molar-refractivity contribution is -0.122. The van der Waals surface area contributed by atoms with Crippen molar-refractivity contribution in [2.45, 2.75) is 18.9 Å². The molecule has 1 aromatic heterocycles. The van der Waals surface area contributed by atoms with E-state index in [-0.39, 0.29) is 17.9 Å². The van der Waals surface area contributed by atoms with E-state index in [4.69, 9.17) is 5.26 Å². The molecule has 1 N–H and O–H groups in total. The number of hydrogen-bond acceptors (Lipinski definition) is 5. The van der Waals surface area contributed by atoms with Crippen molar-refractivity contribution < 1.29 is 4.79 Å². The van der Waals surface area contributed by atoms with Crippen LogP contribution in [0.5, 0.6) is 0 Å². The Kier molecular flexibility index (Phi) is 2.59. The number of nitrogens with zero attached hydrogens (tertiary/aromatic N) is 4. The normalized spacial score (nSPS) is 26.4. The first-order valence-electron chi connectivity index (χ1n) is 6.06. The number of hydrogen-bond donors (Lipinski definition) is 1. The third-order valence-electron chi connectivity index (χ3n) is 3.66. The second-order valence-corrected chi connectivity index (χ2v) is 4.59. The number of aromatic nitrogens is 2. The van der Waals surface area contributed by atoms with Crippen LogP contribution in [0.4, 0.5) is 5.82 Å². The number of carbonyl (C=O) groups is 1. The van der Waals surface area contributed by atoms with Gasteiger partial charge in [0.1, 0.15) is 6.07 Å². The molecule has 0 radical (unpaired) electrons. The largest absolute Gasteiger partial charge is 0.354 e. The van der Waals surface area contributed by atoms with Crippen LogP contribution in [0.25, 0.3) is 0 Å². The molecule has 1 amide bonds. The van der Waals surface area contributed by atoms with Gasteiger partial charge in [0.2, 0.25) is 5.91 Å². The lowest BCUT2D eigenvalue weighted by Crippen LogP contribution is -2.46. The van der Waals surface area contributed by atoms with Crippen molar-refractivity contribution in [2.24, 2.45) is 5.92 Å². The van der Waals surface area contributed by atoms with Crippen molar-refractivity contribution in [1.82, 2.24) is 15.3 Å². The van der Waals surface area contributed by atoms with Gasteiger partial charge in [0.25, 0.3) is 0 Å². The van der Waals surface area contributed by atoms with Gasteiger partial charge in [-0.1, -0.05) is 0 Å². The SMILES string of the molecule is N#Cc1nccnc1N1CCCC2C(=O)NCC21. The molecule has 2 aliphatic heterocycles. The topological polar surface area (TPSA) is 81.9 Å². The second kappa shape index (κ2) is 4.26. The van der Waals surface area contributed by atoms with E-state index in [9.17, 15) is 4.79 Å². The van der Waals surface area contributed by atoms with E-state index in [2.05, 4.69) is 26.3 Å². The molecular formula is C12H13N5O. The van der Waals surface area contributed by atoms with Crippen molar-refractivity contribution in [2.75, 3.05) is 18.0 Å². The van der Waals surface area contributed by atoms with E-state index in [0.717, 1.165) is 19.4 Å². The van der Waals surface area contributed by atoms with Crippen LogP contribution in [-0.4, -0.2) is 35.0 Å². The molecule has 0 bridgehead atoms. The Hall–Kier alpha value is -2.16. The second-order valence-electron chi connectivity index (χ2n) is 4.59. The number of anilines is 1. The number of rotatable bonds is 1. The minimum Gasteiger partial charge on any atom is -0.354 e. The van der Waals surface area contributed by atoms with Gasteiger partial charge in [-0.05, 0) is 12.8 Å². The maximum atomic E-state index is 11.7. The first-order chi connectivity index (χ1) is 8.81. The van der Waals surface area contributed by atoms with Gasteiger partial charge in [0.15, 0.2) is 11.5 Å². The molecular weight excluding hydrogens is 230 g/mol. The first-order valence-corrected chi connectivity index (χ1v) is 6.06. The molecule has 6 nitrogen and oxygen atoms in total. The molecule has 2 atom stereocenters. The Morgan fingerprint density at radius 2 is 2.28 bits per heavy atom. The van der Waals surface area contributed by atoms with Crippen molar-refractivity contribution in [1.29, 1.82) is 5.26 Å². The first kappa shape index (κ1) is 11.0. The van der Waals surface area contributed by atoms with Crippen LogP contribution < -0.4 is 10.2 Å². The quantitative estimate of drug-likeness (QED) is 0.754. The summed E-state index contributed by atoms with van der Waals surface area (Å²) in [7, 11) is 0. The van der Waals surface area contributed by atoms with Gasteiger partial charge in [0, 0.05) is 25.5 Å². The molecule has 0 spiro atoms. The van der Waals surface area contributed by atoms with Crippen LogP contribution in [0, 0.1) is 17.2 Å². The van der Waals surface area contributed by atoms with Crippen LogP contribution in [0.15, 0.2) is 12.4 Å². The lowest BCUT2D eigenvalue weighted by Gasteiger charge is -2.36. The third-order valence-corrected chi connectivity index (χ3v) is 3.66. The summed E-state index contributed by atoms with van der Waals surface area (Å²) in [6, 6.07) is 2.17. The number of nitrogens with one attached hydrogen (secondary N) is 1. The fourth-order valence-electron chi connectivity index (χ4n) is 2.83. The summed E-state index contributed by atoms with van der Waals surface area (Å²) in [6.45, 7) is 1.45. The molecule has 0 aromatic carbocycles. The zero-order valence-corrected chi connectivity index (χ0v) is 9.83. The Bertz CT molecular complexity index is 523. The molecule has 18 heavy (non-hydrogen) atoms. The van der Waals surface area contributed by atoms with E-state index in [1.165, 1.54) is 6.20 Å². The van der Waals surface area contributed by atoms with Crippen LogP contribution in [0.2, 0.25) is 0 Å². The van der Waals surface area contributed by atoms with Gasteiger partial charge in [-0.25, -0.2) is 9.97 Å². The summed E-state index contributed by atoms with van der Waals surface area (Å²) in [6.07, 6.45) is 4.96. The smallest absolute Gasteiger partial charge is 0.225 e. The minimum absolute atomic E-state index is 0.0206. The molecule has 2 fully saturated rings. The predicted molar refractivity (Wildman–Crippen MR) is 63.6 cm³/mol. The highest BCUT2D eigenvalue weighted by molar-refractivity contribution is 5.83. The lowest BCUT2D eigenvalue weighted by atomic mass is 9.91. The summed E-state index contributed by atoms with van der Waals surface area (Å²) in [4.78, 5) is 22.0. The summed E-state index contributed by atoms with van der Waals surface area (Å²) in [5.74, 6) is 0.741. The summed E-state index contributed by atoms with van der Waals surface area (Å²) in [5, 5.41) is 12.0. The van der Waals surface area contributed by atoms with Gasteiger partial charge in [-0.15, -0.1) is 0 Å². The van der Waals surface area contributed by atoms with Gasteiger partial charge in [-0.2, -0.15) is 5.26 Å². The van der Waals surface area contributed by atoms with Crippen LogP contribution in [-0.2, 0) is 4.79 Å². The highest BCUT2D eigenvalue weighted by Gasteiger charge is 2.41. The molecule has 2 unspecified atom stereocenters. The van der Waals surface area contributed by atoms with Crippen LogP contribution >= 0.6 is 0 Å². The molecule has 0 saturated carbocycles. The highest BCUT2D eigenvalue weighted by Crippen LogP contribution is 2.31. The van der Waals surface area contributed by atoms with E-state index in [0.29, 0.717) is 18.1 Å². The molecule has 2 aliphatic rings. The summed E-state index contributed by atoms with van der Waals surface area (Å²) < 4.78 is 0. The van der Waals surface area contributed by atoms with Gasteiger partial charge >= 0.3 is 0 Å². The van der Waals surface area contributed by atoms with Gasteiger partial charge in [-0.3, -0.25) is 4.79 Å². The Morgan fingerprint density at radius 1 is 1.44 bits per heavy atom. The predicted octanol–water partition coefficient (Wildman–Crippen LogP) is 0.0631. The van der Waals surface area contributed by atoms with Gasteiger partial charge in [0.05, 0.1) is 12.0 Å². The Labute approximate surface area is 105 Å². The summed E-state index contributed by atoms with van der Waals surface area (Å²) >= 11 is 0. The monoisotopic (exact) mass is 243 g/mol. The number of fused-ring (bicyclic) bond motifs is 1. The molecule has 2 saturated heterocycles. The van der Waals surface area contributed by atoms with Crippen LogP contribution in [0.3, 0.4) is 0 Å². The van der Waals surface area contributed by atoms with Gasteiger partial charge < -0.3 is 10.2 Å². The average molecular weight is 243 g/mol. The fraction of sp³-hybridized carbons (Fsp3) is 0.500. The standard InChI is InChI=1S/C12H13N5O/c13-6-9-11(15-4-3-14-9)17-5-1-2-8-10(17)7-16-12(8)18/h3-4,8,10H,1-2,5,7H2,(H,16,18). The van der Waals surface area contributed by atoms with E-state index in [1.807, 2.05) is 0 Å². The number of carbonyl (C=O) groups excluding carboxylic acids is 1. The molecule has 0 aliphatic carbocycles. The molecule has 3 rings (SSSR count). The average Bonchev–Trinajstić information content (AvgIpc) is 2.81. The molecule has 3 heterocycles. The van der Waals surface area contributed by atoms with E-state index >= 15 is 0 Å². The maximum absolute atomic E-state index is 11.7. The zero-order valence-electron chi connectivity index (χ0n) is 9.83. The van der Waals surface area contributed by atoms with Crippen molar-refractivity contribution >= 4 is 11.7 Å². The Morgan fingerprint density at radius 3 is 3.11 bits per heavy atom. The number of amides is 1. The zero-order chi connectivity index (χ0) is 12.5. The Balaban J connectivity index is 1.96. The van der Waals surface area contributed by atoms with Crippen molar-refractivity contribution in [3.63, 3.8) is 0 Å². The number of nitriles is 1. The molecule has 92 valence electrons. The molecule has 1 aromatic rings. The van der Waals surface area contributed by atoms with Crippen LogP contribution in [0.1, 0.15) is 18.5 Å². The maximum Gasteiger partial charge on any atom is 0.225 e. The fourth-order valence-corrected chi connectivity index (χ4v) is 2.83.